The first-order valence-electron chi connectivity index (χ1n) is 2.46. The zero-order chi connectivity index (χ0) is 9.78. The summed E-state index contributed by atoms with van der Waals surface area (Å²) in [6, 6.07) is 2.56. The molecule has 0 aromatic carbocycles. The smallest absolute Gasteiger partial charge is 0.271 e. The average molecular weight is 208 g/mol. The number of amides is 1. The zero-order valence-electron chi connectivity index (χ0n) is 5.48. The maximum Gasteiger partial charge on any atom is 0.321 e. The molecule has 1 amide bonds. The standard InChI is InChI=1S/C4H2ClN3O3S/c5-12(10,11)8-4(9)3(1-6)2-7/h3H,(H,8,9). The summed E-state index contributed by atoms with van der Waals surface area (Å²) in [7, 11) is 0.389. The van der Waals surface area contributed by atoms with E-state index in [0.29, 0.717) is 0 Å². The molecule has 0 spiro atoms. The zero-order valence-corrected chi connectivity index (χ0v) is 7.06. The van der Waals surface area contributed by atoms with Gasteiger partial charge in [-0.1, -0.05) is 0 Å². The highest BCUT2D eigenvalue weighted by molar-refractivity contribution is 8.12. The molecule has 0 aromatic heterocycles. The predicted molar refractivity (Wildman–Crippen MR) is 37.6 cm³/mol. The Labute approximate surface area is 72.9 Å². The molecule has 0 aliphatic rings. The minimum absolute atomic E-state index is 1.25. The van der Waals surface area contributed by atoms with Crippen molar-refractivity contribution in [3.63, 3.8) is 0 Å². The lowest BCUT2D eigenvalue weighted by Gasteiger charge is -1.98. The maximum absolute atomic E-state index is 10.6. The summed E-state index contributed by atoms with van der Waals surface area (Å²) in [5.41, 5.74) is 0. The molecule has 0 rings (SSSR count). The Kier molecular flexibility index (Phi) is 3.48. The summed E-state index contributed by atoms with van der Waals surface area (Å²) >= 11 is 0. The van der Waals surface area contributed by atoms with Crippen LogP contribution in [-0.2, 0) is 14.0 Å². The highest BCUT2D eigenvalue weighted by Crippen LogP contribution is 1.96. The number of hydrogen-bond donors (Lipinski definition) is 1. The van der Waals surface area contributed by atoms with Gasteiger partial charge in [-0.15, -0.1) is 0 Å². The lowest BCUT2D eigenvalue weighted by atomic mass is 10.2. The first-order chi connectivity index (χ1) is 5.40. The van der Waals surface area contributed by atoms with Crippen molar-refractivity contribution < 1.29 is 13.2 Å². The molecule has 0 atom stereocenters. The van der Waals surface area contributed by atoms with E-state index in [2.05, 4.69) is 10.7 Å². The summed E-state index contributed by atoms with van der Waals surface area (Å²) < 4.78 is 21.7. The Morgan fingerprint density at radius 1 is 1.42 bits per heavy atom. The van der Waals surface area contributed by atoms with Gasteiger partial charge in [0, 0.05) is 10.7 Å². The Morgan fingerprint density at radius 3 is 2.08 bits per heavy atom. The van der Waals surface area contributed by atoms with Gasteiger partial charge in [-0.25, -0.2) is 4.72 Å². The number of carbonyl (C=O) groups is 1. The molecule has 0 aromatic rings. The van der Waals surface area contributed by atoms with Crippen LogP contribution in [0.1, 0.15) is 0 Å². The number of nitrogens with zero attached hydrogens (tertiary/aromatic N) is 2. The van der Waals surface area contributed by atoms with E-state index in [1.54, 1.807) is 0 Å². The van der Waals surface area contributed by atoms with E-state index in [1.165, 1.54) is 16.9 Å². The van der Waals surface area contributed by atoms with Crippen LogP contribution in [0.15, 0.2) is 0 Å². The fourth-order valence-electron chi connectivity index (χ4n) is 0.325. The van der Waals surface area contributed by atoms with E-state index in [9.17, 15) is 13.2 Å². The molecule has 0 heterocycles. The van der Waals surface area contributed by atoms with Crippen molar-refractivity contribution in [2.24, 2.45) is 5.92 Å². The average Bonchev–Trinajstić information content (AvgIpc) is 1.85. The highest BCUT2D eigenvalue weighted by atomic mass is 35.7. The lowest BCUT2D eigenvalue weighted by molar-refractivity contribution is -0.120. The number of nitrogens with one attached hydrogen (secondary N) is 1. The Bertz CT molecular complexity index is 348. The third-order valence-electron chi connectivity index (χ3n) is 0.743. The van der Waals surface area contributed by atoms with Crippen molar-refractivity contribution in [3.05, 3.63) is 0 Å². The SMILES string of the molecule is N#CC(C#N)C(=O)NS(=O)(=O)Cl. The molecule has 0 aliphatic heterocycles. The molecule has 12 heavy (non-hydrogen) atoms. The summed E-state index contributed by atoms with van der Waals surface area (Å²) in [6.45, 7) is 0. The monoisotopic (exact) mass is 207 g/mol. The number of hydrogen-bond acceptors (Lipinski definition) is 5. The quantitative estimate of drug-likeness (QED) is 0.599. The van der Waals surface area contributed by atoms with E-state index < -0.39 is 21.1 Å². The Morgan fingerprint density at radius 2 is 1.83 bits per heavy atom. The fourth-order valence-corrected chi connectivity index (χ4v) is 0.911. The van der Waals surface area contributed by atoms with Gasteiger partial charge < -0.3 is 0 Å². The maximum atomic E-state index is 10.6. The molecule has 8 heteroatoms. The molecule has 0 saturated heterocycles. The molecule has 0 unspecified atom stereocenters. The van der Waals surface area contributed by atoms with Gasteiger partial charge in [0.2, 0.25) is 5.92 Å². The third-order valence-corrected chi connectivity index (χ3v) is 1.42. The van der Waals surface area contributed by atoms with Gasteiger partial charge >= 0.3 is 9.24 Å². The van der Waals surface area contributed by atoms with Crippen LogP contribution in [0.3, 0.4) is 0 Å². The Balaban J connectivity index is 4.48. The molecular formula is C4H2ClN3O3S. The van der Waals surface area contributed by atoms with Gasteiger partial charge in [0.25, 0.3) is 5.91 Å². The van der Waals surface area contributed by atoms with Gasteiger partial charge in [-0.2, -0.15) is 18.9 Å². The van der Waals surface area contributed by atoms with E-state index in [1.807, 2.05) is 0 Å². The molecule has 6 nitrogen and oxygen atoms in total. The van der Waals surface area contributed by atoms with Crippen molar-refractivity contribution >= 4 is 25.8 Å². The van der Waals surface area contributed by atoms with Crippen LogP contribution in [0.2, 0.25) is 0 Å². The fraction of sp³-hybridized carbons (Fsp3) is 0.250. The van der Waals surface area contributed by atoms with Gasteiger partial charge in [-0.3, -0.25) is 4.79 Å². The summed E-state index contributed by atoms with van der Waals surface area (Å²) in [5, 5.41) is 16.2. The lowest BCUT2D eigenvalue weighted by Crippen LogP contribution is -2.31. The van der Waals surface area contributed by atoms with Crippen LogP contribution >= 0.6 is 10.7 Å². The van der Waals surface area contributed by atoms with Gasteiger partial charge in [0.15, 0.2) is 0 Å². The van der Waals surface area contributed by atoms with Gasteiger partial charge in [0.1, 0.15) is 0 Å². The van der Waals surface area contributed by atoms with Crippen molar-refractivity contribution in [2.45, 2.75) is 0 Å². The van der Waals surface area contributed by atoms with Crippen LogP contribution in [-0.4, -0.2) is 14.3 Å². The van der Waals surface area contributed by atoms with Crippen LogP contribution in [0.5, 0.6) is 0 Å². The molecule has 0 saturated carbocycles. The van der Waals surface area contributed by atoms with Crippen LogP contribution in [0.4, 0.5) is 0 Å². The van der Waals surface area contributed by atoms with Crippen molar-refractivity contribution in [3.8, 4) is 12.1 Å². The molecule has 0 aliphatic carbocycles. The highest BCUT2D eigenvalue weighted by Gasteiger charge is 2.20. The molecule has 0 fully saturated rings. The van der Waals surface area contributed by atoms with Crippen molar-refractivity contribution in [2.75, 3.05) is 0 Å². The van der Waals surface area contributed by atoms with Crippen LogP contribution in [0, 0.1) is 28.6 Å². The normalized spacial score (nSPS) is 10.0. The number of rotatable bonds is 2. The van der Waals surface area contributed by atoms with Gasteiger partial charge in [-0.05, 0) is 0 Å². The molecule has 64 valence electrons. The summed E-state index contributed by atoms with van der Waals surface area (Å²) in [6.07, 6.45) is 0. The summed E-state index contributed by atoms with van der Waals surface area (Å²) in [5.74, 6) is -2.92. The van der Waals surface area contributed by atoms with E-state index in [4.69, 9.17) is 10.5 Å². The van der Waals surface area contributed by atoms with E-state index in [-0.39, 0.29) is 0 Å². The molecular weight excluding hydrogens is 206 g/mol. The van der Waals surface area contributed by atoms with Crippen molar-refractivity contribution in [1.29, 1.82) is 10.5 Å². The number of nitriles is 2. The van der Waals surface area contributed by atoms with Crippen LogP contribution < -0.4 is 4.72 Å². The second kappa shape index (κ2) is 3.90. The predicted octanol–water partition coefficient (Wildman–Crippen LogP) is -0.750. The largest absolute Gasteiger partial charge is 0.321 e. The van der Waals surface area contributed by atoms with Gasteiger partial charge in [0.05, 0.1) is 12.1 Å². The molecule has 1 N–H and O–H groups in total. The minimum Gasteiger partial charge on any atom is -0.271 e. The topological polar surface area (TPSA) is 111 Å². The van der Waals surface area contributed by atoms with Crippen LogP contribution in [0.25, 0.3) is 0 Å². The van der Waals surface area contributed by atoms with E-state index in [0.717, 1.165) is 0 Å². The Hall–Kier alpha value is -1.31. The minimum atomic E-state index is -4.22. The molecule has 0 radical (unpaired) electrons. The third kappa shape index (κ3) is 3.76. The van der Waals surface area contributed by atoms with Crippen molar-refractivity contribution in [1.82, 2.24) is 4.72 Å². The number of halogens is 1. The first kappa shape index (κ1) is 10.7. The second-order valence-corrected chi connectivity index (χ2v) is 3.89. The first-order valence-corrected chi connectivity index (χ1v) is 4.77. The van der Waals surface area contributed by atoms with E-state index >= 15 is 0 Å². The summed E-state index contributed by atoms with van der Waals surface area (Å²) in [4.78, 5) is 10.6. The second-order valence-electron chi connectivity index (χ2n) is 1.60. The number of carbonyl (C=O) groups excluding carboxylic acids is 1. The molecule has 0 bridgehead atoms.